The number of rotatable bonds is 2. The molecule has 0 radical (unpaired) electrons. The molecule has 0 aromatic carbocycles. The van der Waals surface area contributed by atoms with Crippen LogP contribution in [0, 0.1) is 6.92 Å². The molecule has 0 atom stereocenters. The summed E-state index contributed by atoms with van der Waals surface area (Å²) in [7, 11) is 0. The lowest BCUT2D eigenvalue weighted by Crippen LogP contribution is -2.00. The molecule has 0 aliphatic heterocycles. The van der Waals surface area contributed by atoms with E-state index in [1.165, 1.54) is 24.2 Å². The second-order valence-electron chi connectivity index (χ2n) is 4.70. The molecule has 1 aliphatic carbocycles. The molecule has 0 unspecified atom stereocenters. The average Bonchev–Trinajstić information content (AvgIpc) is 2.91. The van der Waals surface area contributed by atoms with E-state index in [4.69, 9.17) is 4.98 Å². The molecule has 0 amide bonds. The molecule has 17 heavy (non-hydrogen) atoms. The van der Waals surface area contributed by atoms with Crippen molar-refractivity contribution in [3.8, 4) is 11.5 Å². The second-order valence-corrected chi connectivity index (χ2v) is 4.70. The molecule has 90 valence electrons. The van der Waals surface area contributed by atoms with Gasteiger partial charge in [-0.15, -0.1) is 0 Å². The highest BCUT2D eigenvalue weighted by atomic mass is 15.3. The summed E-state index contributed by atoms with van der Waals surface area (Å²) in [6.07, 6.45) is 4.80. The Hall–Kier alpha value is -1.58. The van der Waals surface area contributed by atoms with Gasteiger partial charge < -0.3 is 4.98 Å². The minimum atomic E-state index is 0.883. The molecule has 0 fully saturated rings. The third-order valence-corrected chi connectivity index (χ3v) is 3.40. The topological polar surface area (TPSA) is 46.5 Å². The maximum Gasteiger partial charge on any atom is 0.156 e. The van der Waals surface area contributed by atoms with Crippen LogP contribution in [0.4, 0.5) is 0 Å². The molecular formula is C13H18N4. The zero-order valence-corrected chi connectivity index (χ0v) is 10.5. The highest BCUT2D eigenvalue weighted by Crippen LogP contribution is 2.24. The van der Waals surface area contributed by atoms with Gasteiger partial charge in [0.25, 0.3) is 0 Å². The van der Waals surface area contributed by atoms with Crippen molar-refractivity contribution in [3.63, 3.8) is 0 Å². The summed E-state index contributed by atoms with van der Waals surface area (Å²) in [5.74, 6) is 0.986. The van der Waals surface area contributed by atoms with Crippen LogP contribution in [0.5, 0.6) is 0 Å². The lowest BCUT2D eigenvalue weighted by atomic mass is 10.0. The quantitative estimate of drug-likeness (QED) is 0.861. The lowest BCUT2D eigenvalue weighted by Gasteiger charge is -2.07. The number of hydrogen-bond acceptors (Lipinski definition) is 2. The van der Waals surface area contributed by atoms with Crippen molar-refractivity contribution in [2.45, 2.75) is 46.1 Å². The summed E-state index contributed by atoms with van der Waals surface area (Å²) in [4.78, 5) is 8.19. The Morgan fingerprint density at radius 2 is 2.18 bits per heavy atom. The third-order valence-electron chi connectivity index (χ3n) is 3.40. The van der Waals surface area contributed by atoms with Gasteiger partial charge in [0, 0.05) is 12.2 Å². The average molecular weight is 230 g/mol. The summed E-state index contributed by atoms with van der Waals surface area (Å²) in [5, 5.41) is 4.47. The highest BCUT2D eigenvalue weighted by Gasteiger charge is 2.17. The first-order valence-corrected chi connectivity index (χ1v) is 6.40. The molecule has 0 bridgehead atoms. The Bertz CT molecular complexity index is 512. The van der Waals surface area contributed by atoms with Crippen molar-refractivity contribution in [2.24, 2.45) is 0 Å². The molecule has 0 saturated heterocycles. The Morgan fingerprint density at radius 1 is 1.35 bits per heavy atom. The molecule has 0 saturated carbocycles. The smallest absolute Gasteiger partial charge is 0.156 e. The summed E-state index contributed by atoms with van der Waals surface area (Å²) in [5.41, 5.74) is 4.75. The van der Waals surface area contributed by atoms with Gasteiger partial charge in [-0.3, -0.25) is 4.68 Å². The lowest BCUT2D eigenvalue weighted by molar-refractivity contribution is 0.657. The van der Waals surface area contributed by atoms with Crippen molar-refractivity contribution in [1.82, 2.24) is 19.7 Å². The van der Waals surface area contributed by atoms with Crippen LogP contribution < -0.4 is 0 Å². The number of nitrogens with one attached hydrogen (secondary N) is 1. The summed E-state index contributed by atoms with van der Waals surface area (Å²) in [6.45, 7) is 5.02. The van der Waals surface area contributed by atoms with Crippen LogP contribution in [-0.4, -0.2) is 19.7 Å². The SMILES string of the molecule is CCn1nc(C)cc1-c1nc2c([nH]1)CCCC2. The van der Waals surface area contributed by atoms with Crippen LogP contribution in [0.3, 0.4) is 0 Å². The van der Waals surface area contributed by atoms with Gasteiger partial charge in [0.05, 0.1) is 11.4 Å². The van der Waals surface area contributed by atoms with Crippen LogP contribution in [0.2, 0.25) is 0 Å². The molecule has 4 heteroatoms. The second kappa shape index (κ2) is 4.02. The minimum Gasteiger partial charge on any atom is -0.340 e. The van der Waals surface area contributed by atoms with Crippen LogP contribution >= 0.6 is 0 Å². The molecule has 2 aromatic heterocycles. The zero-order chi connectivity index (χ0) is 11.8. The van der Waals surface area contributed by atoms with E-state index in [1.54, 1.807) is 0 Å². The molecule has 1 N–H and O–H groups in total. The van der Waals surface area contributed by atoms with Crippen molar-refractivity contribution in [3.05, 3.63) is 23.1 Å². The Balaban J connectivity index is 2.05. The number of hydrogen-bond donors (Lipinski definition) is 1. The van der Waals surface area contributed by atoms with Gasteiger partial charge in [-0.05, 0) is 45.6 Å². The van der Waals surface area contributed by atoms with E-state index in [1.807, 2.05) is 11.6 Å². The van der Waals surface area contributed by atoms with E-state index in [0.29, 0.717) is 0 Å². The van der Waals surface area contributed by atoms with Gasteiger partial charge in [-0.1, -0.05) is 0 Å². The van der Waals surface area contributed by atoms with Crippen LogP contribution in [0.15, 0.2) is 6.07 Å². The van der Waals surface area contributed by atoms with Gasteiger partial charge >= 0.3 is 0 Å². The molecule has 3 rings (SSSR count). The molecule has 2 aromatic rings. The first kappa shape index (κ1) is 10.6. The normalized spacial score (nSPS) is 14.9. The Kier molecular flexibility index (Phi) is 2.50. The maximum absolute atomic E-state index is 4.73. The maximum atomic E-state index is 4.73. The first-order valence-electron chi connectivity index (χ1n) is 6.40. The minimum absolute atomic E-state index is 0.883. The number of H-pyrrole nitrogens is 1. The number of aryl methyl sites for hydroxylation is 4. The number of aromatic amines is 1. The van der Waals surface area contributed by atoms with Crippen molar-refractivity contribution < 1.29 is 0 Å². The van der Waals surface area contributed by atoms with E-state index < -0.39 is 0 Å². The fourth-order valence-electron chi connectivity index (χ4n) is 2.55. The van der Waals surface area contributed by atoms with E-state index in [-0.39, 0.29) is 0 Å². The summed E-state index contributed by atoms with van der Waals surface area (Å²) in [6, 6.07) is 2.10. The standard InChI is InChI=1S/C13H18N4/c1-3-17-12(8-9(2)16-17)13-14-10-6-4-5-7-11(10)15-13/h8H,3-7H2,1-2H3,(H,14,15). The molecule has 2 heterocycles. The van der Waals surface area contributed by atoms with Crippen molar-refractivity contribution in [2.75, 3.05) is 0 Å². The Labute approximate surface area is 101 Å². The van der Waals surface area contributed by atoms with E-state index in [9.17, 15) is 0 Å². The highest BCUT2D eigenvalue weighted by molar-refractivity contribution is 5.52. The van der Waals surface area contributed by atoms with Gasteiger partial charge in [0.15, 0.2) is 5.82 Å². The van der Waals surface area contributed by atoms with E-state index in [0.717, 1.165) is 36.6 Å². The molecule has 0 spiro atoms. The third kappa shape index (κ3) is 1.77. The Morgan fingerprint density at radius 3 is 2.94 bits per heavy atom. The van der Waals surface area contributed by atoms with Crippen molar-refractivity contribution in [1.29, 1.82) is 0 Å². The molecule has 1 aliphatic rings. The van der Waals surface area contributed by atoms with Crippen molar-refractivity contribution >= 4 is 0 Å². The van der Waals surface area contributed by atoms with E-state index in [2.05, 4.69) is 23.1 Å². The number of fused-ring (bicyclic) bond motifs is 1. The molecular weight excluding hydrogens is 212 g/mol. The predicted molar refractivity (Wildman–Crippen MR) is 66.9 cm³/mol. The number of imidazole rings is 1. The molecule has 4 nitrogen and oxygen atoms in total. The fourth-order valence-corrected chi connectivity index (χ4v) is 2.55. The monoisotopic (exact) mass is 230 g/mol. The first-order chi connectivity index (χ1) is 8.28. The largest absolute Gasteiger partial charge is 0.340 e. The van der Waals surface area contributed by atoms with E-state index >= 15 is 0 Å². The zero-order valence-electron chi connectivity index (χ0n) is 10.5. The number of aromatic nitrogens is 4. The summed E-state index contributed by atoms with van der Waals surface area (Å²) < 4.78 is 2.01. The van der Waals surface area contributed by atoms with Crippen LogP contribution in [0.1, 0.15) is 36.8 Å². The van der Waals surface area contributed by atoms with Crippen LogP contribution in [-0.2, 0) is 19.4 Å². The summed E-state index contributed by atoms with van der Waals surface area (Å²) >= 11 is 0. The van der Waals surface area contributed by atoms with Gasteiger partial charge in [0.2, 0.25) is 0 Å². The van der Waals surface area contributed by atoms with Gasteiger partial charge in [-0.2, -0.15) is 5.10 Å². The van der Waals surface area contributed by atoms with Gasteiger partial charge in [-0.25, -0.2) is 4.98 Å². The van der Waals surface area contributed by atoms with Gasteiger partial charge in [0.1, 0.15) is 5.69 Å². The predicted octanol–water partition coefficient (Wildman–Crippen LogP) is 2.48. The fraction of sp³-hybridized carbons (Fsp3) is 0.538. The number of nitrogens with zero attached hydrogens (tertiary/aromatic N) is 3. The van der Waals surface area contributed by atoms with Crippen LogP contribution in [0.25, 0.3) is 11.5 Å².